The van der Waals surface area contributed by atoms with E-state index < -0.39 is 0 Å². The van der Waals surface area contributed by atoms with E-state index in [1.165, 1.54) is 27.7 Å². The summed E-state index contributed by atoms with van der Waals surface area (Å²) in [5.74, 6) is -0.215. The number of aromatic amines is 1. The number of benzene rings is 1. The van der Waals surface area contributed by atoms with Gasteiger partial charge >= 0.3 is 5.97 Å². The number of aromatic nitrogens is 1. The van der Waals surface area contributed by atoms with Crippen LogP contribution in [-0.2, 0) is 16.0 Å². The zero-order valence-corrected chi connectivity index (χ0v) is 13.5. The lowest BCUT2D eigenvalue weighted by molar-refractivity contribution is -0.137. The number of hydrogen-bond donors (Lipinski definition) is 1. The minimum absolute atomic E-state index is 0.198. The van der Waals surface area contributed by atoms with Crippen molar-refractivity contribution >= 4 is 16.9 Å². The molecule has 4 rings (SSSR count). The second-order valence-corrected chi connectivity index (χ2v) is 6.33. The van der Waals surface area contributed by atoms with Gasteiger partial charge in [-0.1, -0.05) is 18.2 Å². The normalized spacial score (nSPS) is 22.8. The minimum Gasteiger partial charge on any atom is -0.463 e. The Morgan fingerprint density at radius 3 is 3.09 bits per heavy atom. The lowest BCUT2D eigenvalue weighted by Gasteiger charge is -2.40. The summed E-state index contributed by atoms with van der Waals surface area (Å²) in [4.78, 5) is 18.1. The molecule has 0 amide bonds. The monoisotopic (exact) mass is 310 g/mol. The van der Waals surface area contributed by atoms with Crippen LogP contribution in [0.5, 0.6) is 0 Å². The maximum atomic E-state index is 11.9. The van der Waals surface area contributed by atoms with Crippen molar-refractivity contribution in [3.63, 3.8) is 0 Å². The van der Waals surface area contributed by atoms with Crippen LogP contribution in [0.25, 0.3) is 10.9 Å². The Balaban J connectivity index is 1.79. The number of nitrogens with zero attached hydrogens (tertiary/aromatic N) is 1. The number of rotatable bonds is 2. The maximum Gasteiger partial charge on any atom is 0.330 e. The molecule has 1 aromatic carbocycles. The van der Waals surface area contributed by atoms with Crippen LogP contribution >= 0.6 is 0 Å². The van der Waals surface area contributed by atoms with E-state index in [4.69, 9.17) is 4.74 Å². The van der Waals surface area contributed by atoms with E-state index in [1.54, 1.807) is 6.08 Å². The van der Waals surface area contributed by atoms with Gasteiger partial charge in [-0.15, -0.1) is 0 Å². The number of H-pyrrole nitrogens is 1. The van der Waals surface area contributed by atoms with E-state index in [-0.39, 0.29) is 12.0 Å². The summed E-state index contributed by atoms with van der Waals surface area (Å²) >= 11 is 0. The number of hydrogen-bond acceptors (Lipinski definition) is 3. The van der Waals surface area contributed by atoms with Crippen molar-refractivity contribution in [2.45, 2.75) is 32.2 Å². The predicted molar refractivity (Wildman–Crippen MR) is 90.3 cm³/mol. The smallest absolute Gasteiger partial charge is 0.330 e. The molecule has 120 valence electrons. The maximum absolute atomic E-state index is 11.9. The summed E-state index contributed by atoms with van der Waals surface area (Å²) in [5.41, 5.74) is 5.06. The summed E-state index contributed by atoms with van der Waals surface area (Å²) < 4.78 is 5.13. The van der Waals surface area contributed by atoms with E-state index in [9.17, 15) is 4.79 Å². The first-order valence-corrected chi connectivity index (χ1v) is 8.48. The van der Waals surface area contributed by atoms with Gasteiger partial charge in [0.2, 0.25) is 0 Å². The number of nitrogens with one attached hydrogen (secondary N) is 1. The van der Waals surface area contributed by atoms with Gasteiger partial charge in [0, 0.05) is 29.2 Å². The van der Waals surface area contributed by atoms with Crippen LogP contribution in [0.15, 0.2) is 35.9 Å². The van der Waals surface area contributed by atoms with Crippen LogP contribution in [0.4, 0.5) is 0 Å². The van der Waals surface area contributed by atoms with Crippen molar-refractivity contribution < 1.29 is 9.53 Å². The standard InChI is InChI=1S/C19H22N2O2/c1-2-23-17(22)12-13-6-5-10-21-11-9-15-14-7-3-4-8-16(14)20-18(15)19(13)21/h3-4,7-8,12,19-20H,2,5-6,9-11H2,1H3/b13-12+/t19-/m0/s1. The highest BCUT2D eigenvalue weighted by Gasteiger charge is 2.35. The van der Waals surface area contributed by atoms with Crippen LogP contribution in [0.3, 0.4) is 0 Å². The number of carbonyl (C=O) groups excluding carboxylic acids is 1. The van der Waals surface area contributed by atoms with Crippen molar-refractivity contribution in [2.75, 3.05) is 19.7 Å². The van der Waals surface area contributed by atoms with E-state index in [0.29, 0.717) is 6.61 Å². The molecule has 0 spiro atoms. The van der Waals surface area contributed by atoms with Crippen molar-refractivity contribution in [3.8, 4) is 0 Å². The summed E-state index contributed by atoms with van der Waals surface area (Å²) in [6.07, 6.45) is 4.87. The van der Waals surface area contributed by atoms with Crippen molar-refractivity contribution in [3.05, 3.63) is 47.2 Å². The molecule has 2 aromatic rings. The number of fused-ring (bicyclic) bond motifs is 5. The fourth-order valence-corrected chi connectivity index (χ4v) is 4.06. The molecule has 2 aliphatic rings. The van der Waals surface area contributed by atoms with Crippen LogP contribution in [0.1, 0.15) is 37.1 Å². The molecule has 1 N–H and O–H groups in total. The van der Waals surface area contributed by atoms with E-state index in [0.717, 1.165) is 32.4 Å². The van der Waals surface area contributed by atoms with Crippen molar-refractivity contribution in [1.82, 2.24) is 9.88 Å². The molecule has 1 saturated heterocycles. The molecule has 0 bridgehead atoms. The van der Waals surface area contributed by atoms with Crippen molar-refractivity contribution in [1.29, 1.82) is 0 Å². The van der Waals surface area contributed by atoms with Crippen LogP contribution in [-0.4, -0.2) is 35.5 Å². The Kier molecular flexibility index (Phi) is 3.69. The van der Waals surface area contributed by atoms with Gasteiger partial charge in [-0.05, 0) is 49.9 Å². The Morgan fingerprint density at radius 2 is 2.22 bits per heavy atom. The third kappa shape index (κ3) is 2.47. The lowest BCUT2D eigenvalue weighted by atomic mass is 9.86. The van der Waals surface area contributed by atoms with Gasteiger partial charge in [-0.2, -0.15) is 0 Å². The molecular formula is C19H22N2O2. The molecule has 0 aliphatic carbocycles. The van der Waals surface area contributed by atoms with Gasteiger partial charge in [0.05, 0.1) is 12.6 Å². The van der Waals surface area contributed by atoms with E-state index >= 15 is 0 Å². The van der Waals surface area contributed by atoms with Gasteiger partial charge in [0.25, 0.3) is 0 Å². The number of para-hydroxylation sites is 1. The Morgan fingerprint density at radius 1 is 1.35 bits per heavy atom. The number of piperidine rings is 1. The molecule has 4 heteroatoms. The molecule has 1 atom stereocenters. The van der Waals surface area contributed by atoms with Crippen molar-refractivity contribution in [2.24, 2.45) is 0 Å². The molecule has 2 aliphatic heterocycles. The third-order valence-electron chi connectivity index (χ3n) is 4.99. The molecule has 1 fully saturated rings. The van der Waals surface area contributed by atoms with Crippen LogP contribution in [0.2, 0.25) is 0 Å². The van der Waals surface area contributed by atoms with Gasteiger partial charge in [-0.25, -0.2) is 4.79 Å². The van der Waals surface area contributed by atoms with Gasteiger partial charge in [0.1, 0.15) is 0 Å². The molecule has 0 unspecified atom stereocenters. The molecular weight excluding hydrogens is 288 g/mol. The average Bonchev–Trinajstić information content (AvgIpc) is 2.94. The Hall–Kier alpha value is -2.07. The fraction of sp³-hybridized carbons (Fsp3) is 0.421. The molecule has 0 saturated carbocycles. The highest BCUT2D eigenvalue weighted by molar-refractivity contribution is 5.86. The number of carbonyl (C=O) groups is 1. The van der Waals surface area contributed by atoms with Crippen LogP contribution in [0, 0.1) is 0 Å². The third-order valence-corrected chi connectivity index (χ3v) is 4.99. The van der Waals surface area contributed by atoms with Crippen LogP contribution < -0.4 is 0 Å². The van der Waals surface area contributed by atoms with E-state index in [1.807, 2.05) is 6.92 Å². The molecule has 1 aromatic heterocycles. The van der Waals surface area contributed by atoms with Gasteiger partial charge in [0.15, 0.2) is 0 Å². The summed E-state index contributed by atoms with van der Waals surface area (Å²) in [6, 6.07) is 8.69. The zero-order valence-electron chi connectivity index (χ0n) is 13.5. The second-order valence-electron chi connectivity index (χ2n) is 6.33. The molecule has 0 radical (unpaired) electrons. The predicted octanol–water partition coefficient (Wildman–Crippen LogP) is 3.35. The van der Waals surface area contributed by atoms with E-state index in [2.05, 4.69) is 34.1 Å². The zero-order chi connectivity index (χ0) is 15.8. The second kappa shape index (κ2) is 5.85. The summed E-state index contributed by atoms with van der Waals surface area (Å²) in [5, 5.41) is 1.32. The first kappa shape index (κ1) is 14.5. The SMILES string of the molecule is CCOC(=O)/C=C1\CCCN2CCc3c([nH]c4ccccc34)[C@H]12. The summed E-state index contributed by atoms with van der Waals surface area (Å²) in [6.45, 7) is 4.42. The fourth-order valence-electron chi connectivity index (χ4n) is 4.06. The highest BCUT2D eigenvalue weighted by Crippen LogP contribution is 2.42. The topological polar surface area (TPSA) is 45.3 Å². The average molecular weight is 310 g/mol. The first-order chi connectivity index (χ1) is 11.3. The molecule has 23 heavy (non-hydrogen) atoms. The quantitative estimate of drug-likeness (QED) is 0.683. The number of ether oxygens (including phenoxy) is 1. The first-order valence-electron chi connectivity index (χ1n) is 8.48. The summed E-state index contributed by atoms with van der Waals surface area (Å²) in [7, 11) is 0. The minimum atomic E-state index is -0.215. The Labute approximate surface area is 136 Å². The molecule has 4 nitrogen and oxygen atoms in total. The van der Waals surface area contributed by atoms with Gasteiger partial charge < -0.3 is 9.72 Å². The Bertz CT molecular complexity index is 775. The lowest BCUT2D eigenvalue weighted by Crippen LogP contribution is -2.40. The number of esters is 1. The highest BCUT2D eigenvalue weighted by atomic mass is 16.5. The molecule has 3 heterocycles. The van der Waals surface area contributed by atoms with Gasteiger partial charge in [-0.3, -0.25) is 4.90 Å². The largest absolute Gasteiger partial charge is 0.463 e.